The van der Waals surface area contributed by atoms with E-state index in [9.17, 15) is 14.3 Å². The molecule has 4 N–H and O–H groups in total. The quantitative estimate of drug-likeness (QED) is 0.386. The lowest BCUT2D eigenvalue weighted by molar-refractivity contribution is 0.0912. The molecule has 1 aromatic heterocycles. The highest BCUT2D eigenvalue weighted by atomic mass is 19.1. The fraction of sp³-hybridized carbons (Fsp3) is 0.320. The van der Waals surface area contributed by atoms with E-state index < -0.39 is 11.9 Å². The van der Waals surface area contributed by atoms with Gasteiger partial charge in [0, 0.05) is 29.1 Å². The summed E-state index contributed by atoms with van der Waals surface area (Å²) in [6.07, 6.45) is 3.21. The highest BCUT2D eigenvalue weighted by molar-refractivity contribution is 5.97. The van der Waals surface area contributed by atoms with E-state index in [0.29, 0.717) is 41.7 Å². The maximum atomic E-state index is 13.7. The molecule has 0 radical (unpaired) electrons. The van der Waals surface area contributed by atoms with Crippen LogP contribution in [0.1, 0.15) is 41.3 Å². The van der Waals surface area contributed by atoms with Gasteiger partial charge in [-0.25, -0.2) is 4.39 Å². The first kappa shape index (κ1) is 23.3. The number of carbonyl (C=O) groups is 1. The Balaban J connectivity index is 1.81. The Morgan fingerprint density at radius 1 is 1.25 bits per heavy atom. The van der Waals surface area contributed by atoms with Crippen LogP contribution in [0.25, 0.3) is 10.9 Å². The summed E-state index contributed by atoms with van der Waals surface area (Å²) in [5.74, 6) is 5.44. The van der Waals surface area contributed by atoms with Crippen LogP contribution in [0.15, 0.2) is 42.6 Å². The number of halogens is 1. The smallest absolute Gasteiger partial charge is 0.255 e. The average Bonchev–Trinajstić information content (AvgIpc) is 3.19. The van der Waals surface area contributed by atoms with Crippen LogP contribution in [0.5, 0.6) is 5.75 Å². The average molecular weight is 438 g/mol. The van der Waals surface area contributed by atoms with Crippen LogP contribution in [0.3, 0.4) is 0 Å². The zero-order valence-electron chi connectivity index (χ0n) is 18.0. The molecule has 1 heterocycles. The molecule has 3 rings (SSSR count). The topological polar surface area (TPSA) is 94.6 Å². The maximum absolute atomic E-state index is 13.7. The first-order valence-electron chi connectivity index (χ1n) is 10.6. The summed E-state index contributed by atoms with van der Waals surface area (Å²) in [5, 5.41) is 22.3. The molecule has 0 aliphatic heterocycles. The van der Waals surface area contributed by atoms with Crippen LogP contribution in [0, 0.1) is 17.7 Å². The van der Waals surface area contributed by atoms with Crippen LogP contribution in [0.2, 0.25) is 0 Å². The Morgan fingerprint density at radius 3 is 2.84 bits per heavy atom. The van der Waals surface area contributed by atoms with Gasteiger partial charge >= 0.3 is 0 Å². The zero-order chi connectivity index (χ0) is 22.9. The van der Waals surface area contributed by atoms with Crippen LogP contribution in [-0.2, 0) is 6.42 Å². The third-order valence-corrected chi connectivity index (χ3v) is 4.91. The second-order valence-corrected chi connectivity index (χ2v) is 7.40. The van der Waals surface area contributed by atoms with Gasteiger partial charge in [0.1, 0.15) is 11.6 Å². The molecular weight excluding hydrogens is 411 g/mol. The van der Waals surface area contributed by atoms with Gasteiger partial charge in [-0.2, -0.15) is 0 Å². The van der Waals surface area contributed by atoms with Crippen molar-refractivity contribution < 1.29 is 24.1 Å². The van der Waals surface area contributed by atoms with Gasteiger partial charge in [0.15, 0.2) is 0 Å². The molecule has 0 aliphatic carbocycles. The first-order valence-corrected chi connectivity index (χ1v) is 10.6. The lowest BCUT2D eigenvalue weighted by atomic mass is 10.0. The molecule has 3 aromatic rings. The summed E-state index contributed by atoms with van der Waals surface area (Å²) >= 11 is 0. The fourth-order valence-corrected chi connectivity index (χ4v) is 3.35. The molecule has 6 nitrogen and oxygen atoms in total. The minimum Gasteiger partial charge on any atom is -0.493 e. The molecule has 168 valence electrons. The highest BCUT2D eigenvalue weighted by Gasteiger charge is 2.19. The molecule has 0 bridgehead atoms. The molecule has 32 heavy (non-hydrogen) atoms. The van der Waals surface area contributed by atoms with Crippen molar-refractivity contribution in [2.75, 3.05) is 19.8 Å². The van der Waals surface area contributed by atoms with Crippen LogP contribution in [0.4, 0.5) is 4.39 Å². The highest BCUT2D eigenvalue weighted by Crippen LogP contribution is 2.23. The number of H-pyrrole nitrogens is 1. The van der Waals surface area contributed by atoms with E-state index in [1.807, 2.05) is 6.92 Å². The monoisotopic (exact) mass is 438 g/mol. The Bertz CT molecular complexity index is 1130. The van der Waals surface area contributed by atoms with Crippen molar-refractivity contribution in [2.45, 2.75) is 32.2 Å². The summed E-state index contributed by atoms with van der Waals surface area (Å²) < 4.78 is 19.4. The lowest BCUT2D eigenvalue weighted by Crippen LogP contribution is -2.39. The Morgan fingerprint density at radius 2 is 2.09 bits per heavy atom. The molecule has 7 heteroatoms. The zero-order valence-corrected chi connectivity index (χ0v) is 18.0. The predicted octanol–water partition coefficient (Wildman–Crippen LogP) is 3.16. The van der Waals surface area contributed by atoms with Crippen molar-refractivity contribution in [3.05, 3.63) is 65.1 Å². The van der Waals surface area contributed by atoms with Gasteiger partial charge in [0.25, 0.3) is 5.91 Å². The number of nitrogens with one attached hydrogen (secondary N) is 2. The van der Waals surface area contributed by atoms with Gasteiger partial charge in [-0.15, -0.1) is 0 Å². The van der Waals surface area contributed by atoms with Crippen molar-refractivity contribution in [3.63, 3.8) is 0 Å². The van der Waals surface area contributed by atoms with E-state index in [1.165, 1.54) is 12.1 Å². The summed E-state index contributed by atoms with van der Waals surface area (Å²) in [6.45, 7) is 2.11. The fourth-order valence-electron chi connectivity index (χ4n) is 3.35. The van der Waals surface area contributed by atoms with Crippen molar-refractivity contribution in [1.82, 2.24) is 10.3 Å². The molecule has 0 saturated carbocycles. The van der Waals surface area contributed by atoms with E-state index in [4.69, 9.17) is 9.84 Å². The SMILES string of the molecule is CCCOc1ccc(C#CCCO)cc1C(=O)NC(CO)Cc1c[nH]c2ccc(F)cc12. The molecule has 0 fully saturated rings. The van der Waals surface area contributed by atoms with Crippen LogP contribution in [-0.4, -0.2) is 47.0 Å². The Hall–Kier alpha value is -3.34. The normalized spacial score (nSPS) is 11.6. The minimum atomic E-state index is -0.576. The standard InChI is InChI=1S/C25H27FN2O4/c1-2-11-32-24-9-6-17(5-3-4-10-29)12-22(24)25(31)28-20(16-30)13-18-15-27-23-8-7-19(26)14-21(18)23/h6-9,12,14-15,20,27,29-30H,2,4,10-11,13,16H2,1H3,(H,28,31). The van der Waals surface area contributed by atoms with Crippen LogP contribution >= 0.6 is 0 Å². The second kappa shape index (κ2) is 11.3. The number of carbonyl (C=O) groups excluding carboxylic acids is 1. The van der Waals surface area contributed by atoms with Gasteiger partial charge in [0.05, 0.1) is 31.4 Å². The van der Waals surface area contributed by atoms with E-state index in [-0.39, 0.29) is 19.0 Å². The number of aromatic nitrogens is 1. The number of rotatable bonds is 9. The number of hydrogen-bond acceptors (Lipinski definition) is 4. The number of hydrogen-bond donors (Lipinski definition) is 4. The van der Waals surface area contributed by atoms with E-state index >= 15 is 0 Å². The van der Waals surface area contributed by atoms with Gasteiger partial charge in [-0.05, 0) is 54.8 Å². The molecule has 0 spiro atoms. The van der Waals surface area contributed by atoms with Crippen molar-refractivity contribution in [1.29, 1.82) is 0 Å². The van der Waals surface area contributed by atoms with E-state index in [0.717, 1.165) is 17.5 Å². The van der Waals surface area contributed by atoms with Crippen molar-refractivity contribution in [2.24, 2.45) is 0 Å². The molecule has 1 atom stereocenters. The van der Waals surface area contributed by atoms with Gasteiger partial charge in [-0.3, -0.25) is 4.79 Å². The number of fused-ring (bicyclic) bond motifs is 1. The molecule has 2 aromatic carbocycles. The van der Waals surface area contributed by atoms with E-state index in [1.54, 1.807) is 30.5 Å². The van der Waals surface area contributed by atoms with Gasteiger partial charge in [-0.1, -0.05) is 18.8 Å². The molecule has 1 amide bonds. The Labute approximate surface area is 186 Å². The van der Waals surface area contributed by atoms with Gasteiger partial charge < -0.3 is 25.3 Å². The lowest BCUT2D eigenvalue weighted by Gasteiger charge is -2.18. The number of aliphatic hydroxyl groups is 2. The number of amides is 1. The summed E-state index contributed by atoms with van der Waals surface area (Å²) in [7, 11) is 0. The third kappa shape index (κ3) is 5.88. The van der Waals surface area contributed by atoms with Crippen molar-refractivity contribution in [3.8, 4) is 17.6 Å². The van der Waals surface area contributed by atoms with E-state index in [2.05, 4.69) is 22.1 Å². The summed E-state index contributed by atoms with van der Waals surface area (Å²) in [5.41, 5.74) is 2.52. The molecule has 1 unspecified atom stereocenters. The Kier molecular flexibility index (Phi) is 8.26. The molecule has 0 aliphatic rings. The number of benzene rings is 2. The second-order valence-electron chi connectivity index (χ2n) is 7.40. The summed E-state index contributed by atoms with van der Waals surface area (Å²) in [4.78, 5) is 16.1. The summed E-state index contributed by atoms with van der Waals surface area (Å²) in [6, 6.07) is 8.99. The molecular formula is C25H27FN2O4. The minimum absolute atomic E-state index is 0.0338. The third-order valence-electron chi connectivity index (χ3n) is 4.91. The number of aromatic amines is 1. The van der Waals surface area contributed by atoms with Gasteiger partial charge in [0.2, 0.25) is 0 Å². The molecule has 0 saturated heterocycles. The maximum Gasteiger partial charge on any atom is 0.255 e. The number of aliphatic hydroxyl groups excluding tert-OH is 2. The number of ether oxygens (including phenoxy) is 1. The van der Waals surface area contributed by atoms with Crippen molar-refractivity contribution >= 4 is 16.8 Å². The van der Waals surface area contributed by atoms with Crippen LogP contribution < -0.4 is 10.1 Å². The largest absolute Gasteiger partial charge is 0.493 e. The first-order chi connectivity index (χ1) is 15.5. The predicted molar refractivity (Wildman–Crippen MR) is 121 cm³/mol.